The summed E-state index contributed by atoms with van der Waals surface area (Å²) in [6, 6.07) is 5.44. The average molecular weight is 218 g/mol. The number of carbonyl (C=O) groups excluding carboxylic acids is 2. The van der Waals surface area contributed by atoms with Crippen LogP contribution in [0.25, 0.3) is 11.0 Å². The molecule has 1 aromatic heterocycles. The second kappa shape index (κ2) is 4.14. The molecule has 0 saturated carbocycles. The number of H-pyrrole nitrogens is 1. The molecule has 0 spiro atoms. The summed E-state index contributed by atoms with van der Waals surface area (Å²) in [5.74, 6) is -1.16. The highest BCUT2D eigenvalue weighted by molar-refractivity contribution is 5.88. The highest BCUT2D eigenvalue weighted by Crippen LogP contribution is 2.15. The maximum Gasteiger partial charge on any atom is 0.317 e. The first-order valence-electron chi connectivity index (χ1n) is 4.79. The third-order valence-corrected chi connectivity index (χ3v) is 2.13. The quantitative estimate of drug-likeness (QED) is 0.607. The van der Waals surface area contributed by atoms with Gasteiger partial charge in [-0.2, -0.15) is 0 Å². The van der Waals surface area contributed by atoms with E-state index in [-0.39, 0.29) is 6.42 Å². The average Bonchev–Trinajstić information content (AvgIpc) is 2.65. The number of benzene rings is 1. The fourth-order valence-electron chi connectivity index (χ4n) is 1.53. The molecule has 0 aliphatic heterocycles. The molecular weight excluding hydrogens is 208 g/mol. The molecule has 1 heterocycles. The number of ether oxygens (including phenoxy) is 1. The second-order valence-electron chi connectivity index (χ2n) is 3.36. The van der Waals surface area contributed by atoms with Crippen LogP contribution in [0.5, 0.6) is 0 Å². The van der Waals surface area contributed by atoms with Crippen molar-refractivity contribution >= 4 is 23.0 Å². The standard InChI is InChI=1S/C11H10N2O3/c1-7(14)16-10(15)5-8-3-2-4-9-11(8)13-6-12-9/h2-4,6H,5H2,1H3,(H,12,13). The van der Waals surface area contributed by atoms with Crippen molar-refractivity contribution in [2.75, 3.05) is 0 Å². The molecule has 16 heavy (non-hydrogen) atoms. The van der Waals surface area contributed by atoms with Crippen LogP contribution in [0.2, 0.25) is 0 Å². The largest absolute Gasteiger partial charge is 0.393 e. The zero-order chi connectivity index (χ0) is 11.5. The Morgan fingerprint density at radius 1 is 1.44 bits per heavy atom. The lowest BCUT2D eigenvalue weighted by molar-refractivity contribution is -0.157. The number of nitrogens with one attached hydrogen (secondary N) is 1. The summed E-state index contributed by atoms with van der Waals surface area (Å²) < 4.78 is 4.47. The lowest BCUT2D eigenvalue weighted by Crippen LogP contribution is -2.11. The van der Waals surface area contributed by atoms with Crippen LogP contribution >= 0.6 is 0 Å². The monoisotopic (exact) mass is 218 g/mol. The summed E-state index contributed by atoms with van der Waals surface area (Å²) in [5, 5.41) is 0. The van der Waals surface area contributed by atoms with Crippen molar-refractivity contribution in [1.29, 1.82) is 0 Å². The predicted molar refractivity (Wildman–Crippen MR) is 56.6 cm³/mol. The van der Waals surface area contributed by atoms with Crippen LogP contribution < -0.4 is 0 Å². The van der Waals surface area contributed by atoms with Gasteiger partial charge in [0.2, 0.25) is 0 Å². The van der Waals surface area contributed by atoms with Gasteiger partial charge in [-0.15, -0.1) is 0 Å². The molecule has 2 aromatic rings. The van der Waals surface area contributed by atoms with E-state index in [1.165, 1.54) is 6.92 Å². The minimum atomic E-state index is -0.596. The summed E-state index contributed by atoms with van der Waals surface area (Å²) >= 11 is 0. The van der Waals surface area contributed by atoms with E-state index in [0.717, 1.165) is 16.6 Å². The maximum atomic E-state index is 11.3. The van der Waals surface area contributed by atoms with Gasteiger partial charge in [0.15, 0.2) is 0 Å². The van der Waals surface area contributed by atoms with E-state index in [0.29, 0.717) is 0 Å². The molecule has 0 aliphatic rings. The Morgan fingerprint density at radius 3 is 3.00 bits per heavy atom. The number of hydrogen-bond acceptors (Lipinski definition) is 4. The van der Waals surface area contributed by atoms with E-state index in [1.807, 2.05) is 6.07 Å². The molecule has 0 aliphatic carbocycles. The summed E-state index contributed by atoms with van der Waals surface area (Å²) in [4.78, 5) is 28.9. The molecule has 0 radical (unpaired) electrons. The van der Waals surface area contributed by atoms with Crippen LogP contribution in [0.3, 0.4) is 0 Å². The second-order valence-corrected chi connectivity index (χ2v) is 3.36. The van der Waals surface area contributed by atoms with Gasteiger partial charge in [-0.1, -0.05) is 12.1 Å². The van der Waals surface area contributed by atoms with Gasteiger partial charge in [0.25, 0.3) is 0 Å². The first-order chi connectivity index (χ1) is 7.66. The van der Waals surface area contributed by atoms with Crippen LogP contribution in [0.4, 0.5) is 0 Å². The molecule has 1 N–H and O–H groups in total. The Bertz CT molecular complexity index is 545. The van der Waals surface area contributed by atoms with Gasteiger partial charge in [-0.05, 0) is 11.6 Å². The molecule has 2 rings (SSSR count). The van der Waals surface area contributed by atoms with E-state index in [1.54, 1.807) is 18.5 Å². The Labute approximate surface area is 91.4 Å². The van der Waals surface area contributed by atoms with Gasteiger partial charge in [0.1, 0.15) is 0 Å². The predicted octanol–water partition coefficient (Wildman–Crippen LogP) is 1.20. The van der Waals surface area contributed by atoms with E-state index in [4.69, 9.17) is 0 Å². The zero-order valence-electron chi connectivity index (χ0n) is 8.69. The lowest BCUT2D eigenvalue weighted by Gasteiger charge is -2.01. The Kier molecular flexibility index (Phi) is 2.68. The van der Waals surface area contributed by atoms with Crippen molar-refractivity contribution in [3.63, 3.8) is 0 Å². The van der Waals surface area contributed by atoms with Crippen molar-refractivity contribution in [1.82, 2.24) is 9.97 Å². The molecule has 0 bridgehead atoms. The fourth-order valence-corrected chi connectivity index (χ4v) is 1.53. The number of aromatic nitrogens is 2. The number of hydrogen-bond donors (Lipinski definition) is 1. The highest BCUT2D eigenvalue weighted by Gasteiger charge is 2.10. The molecule has 0 atom stereocenters. The SMILES string of the molecule is CC(=O)OC(=O)Cc1cccc2nc[nH]c12. The molecule has 0 fully saturated rings. The Balaban J connectivity index is 2.24. The smallest absolute Gasteiger partial charge is 0.317 e. The van der Waals surface area contributed by atoms with Crippen LogP contribution in [0.15, 0.2) is 24.5 Å². The van der Waals surface area contributed by atoms with E-state index in [2.05, 4.69) is 14.7 Å². The lowest BCUT2D eigenvalue weighted by atomic mass is 10.1. The molecule has 0 unspecified atom stereocenters. The van der Waals surface area contributed by atoms with Crippen molar-refractivity contribution < 1.29 is 14.3 Å². The van der Waals surface area contributed by atoms with Gasteiger partial charge in [-0.25, -0.2) is 4.98 Å². The minimum Gasteiger partial charge on any atom is -0.393 e. The van der Waals surface area contributed by atoms with Gasteiger partial charge in [-0.3, -0.25) is 9.59 Å². The Hall–Kier alpha value is -2.17. The molecular formula is C11H10N2O3. The van der Waals surface area contributed by atoms with E-state index >= 15 is 0 Å². The summed E-state index contributed by atoms with van der Waals surface area (Å²) in [6.45, 7) is 1.20. The van der Waals surface area contributed by atoms with Crippen molar-refractivity contribution in [2.24, 2.45) is 0 Å². The molecule has 82 valence electrons. The van der Waals surface area contributed by atoms with Crippen molar-refractivity contribution in [2.45, 2.75) is 13.3 Å². The topological polar surface area (TPSA) is 72.1 Å². The van der Waals surface area contributed by atoms with Crippen LogP contribution in [0, 0.1) is 0 Å². The van der Waals surface area contributed by atoms with Gasteiger partial charge < -0.3 is 9.72 Å². The summed E-state index contributed by atoms with van der Waals surface area (Å²) in [6.07, 6.45) is 1.61. The summed E-state index contributed by atoms with van der Waals surface area (Å²) in [7, 11) is 0. The van der Waals surface area contributed by atoms with Crippen molar-refractivity contribution in [3.05, 3.63) is 30.1 Å². The molecule has 1 aromatic carbocycles. The molecule has 0 amide bonds. The maximum absolute atomic E-state index is 11.3. The van der Waals surface area contributed by atoms with Crippen LogP contribution in [0.1, 0.15) is 12.5 Å². The Morgan fingerprint density at radius 2 is 2.25 bits per heavy atom. The number of aromatic amines is 1. The van der Waals surface area contributed by atoms with Crippen molar-refractivity contribution in [3.8, 4) is 0 Å². The van der Waals surface area contributed by atoms with Crippen LogP contribution in [-0.2, 0) is 20.7 Å². The van der Waals surface area contributed by atoms with E-state index in [9.17, 15) is 9.59 Å². The molecule has 5 nitrogen and oxygen atoms in total. The number of carbonyl (C=O) groups is 2. The molecule has 0 saturated heterocycles. The van der Waals surface area contributed by atoms with Gasteiger partial charge in [0.05, 0.1) is 23.8 Å². The van der Waals surface area contributed by atoms with E-state index < -0.39 is 11.9 Å². The number of fused-ring (bicyclic) bond motifs is 1. The number of esters is 2. The first kappa shape index (κ1) is 10.4. The van der Waals surface area contributed by atoms with Gasteiger partial charge >= 0.3 is 11.9 Å². The third kappa shape index (κ3) is 2.08. The third-order valence-electron chi connectivity index (χ3n) is 2.13. The molecule has 5 heteroatoms. The van der Waals surface area contributed by atoms with Crippen LogP contribution in [-0.4, -0.2) is 21.9 Å². The first-order valence-corrected chi connectivity index (χ1v) is 4.79. The number of nitrogens with zero attached hydrogens (tertiary/aromatic N) is 1. The summed E-state index contributed by atoms with van der Waals surface area (Å²) in [5.41, 5.74) is 2.34. The number of imidazole rings is 1. The van der Waals surface area contributed by atoms with Gasteiger partial charge in [0, 0.05) is 6.92 Å². The highest BCUT2D eigenvalue weighted by atomic mass is 16.6. The normalized spacial score (nSPS) is 10.3. The number of rotatable bonds is 2. The number of para-hydroxylation sites is 1. The minimum absolute atomic E-state index is 0.0547. The fraction of sp³-hybridized carbons (Fsp3) is 0.182. The zero-order valence-corrected chi connectivity index (χ0v) is 8.69.